The van der Waals surface area contributed by atoms with Crippen molar-refractivity contribution in [2.45, 2.75) is 63.6 Å². The normalized spacial score (nSPS) is 15.9. The van der Waals surface area contributed by atoms with Crippen LogP contribution < -0.4 is 5.32 Å². The molecule has 0 aliphatic carbocycles. The van der Waals surface area contributed by atoms with Crippen molar-refractivity contribution in [3.05, 3.63) is 132 Å². The molecule has 2 N–H and O–H groups in total. The van der Waals surface area contributed by atoms with Crippen LogP contribution in [0.4, 0.5) is 0 Å². The fraction of sp³-hybridized carbons (Fsp3) is 0.359. The van der Waals surface area contributed by atoms with E-state index in [-0.39, 0.29) is 49.4 Å². The number of nitrogens with one attached hydrogen (secondary N) is 1. The number of amides is 2. The first kappa shape index (κ1) is 34.4. The molecular weight excluding hydrogens is 576 g/mol. The van der Waals surface area contributed by atoms with Gasteiger partial charge in [0.2, 0.25) is 11.8 Å². The number of allylic oxidation sites excluding steroid dienone is 2. The van der Waals surface area contributed by atoms with Gasteiger partial charge in [-0.25, -0.2) is 0 Å². The average molecular weight is 623 g/mol. The van der Waals surface area contributed by atoms with Crippen LogP contribution in [0.15, 0.2) is 110 Å². The van der Waals surface area contributed by atoms with Crippen molar-refractivity contribution >= 4 is 17.8 Å². The number of hydrogen-bond acceptors (Lipinski definition) is 5. The molecule has 1 heterocycles. The Balaban J connectivity index is 1.45. The Labute approximate surface area is 273 Å². The second-order valence-electron chi connectivity index (χ2n) is 12.0. The SMILES string of the molecule is C=CCCC[C@H](Cc1ccccc1)C(=O)OC[C@@H](NC(=O)[C@H](CC=C)CC(=O)N1Cc2ccccc2C[C@H]1CO)c1ccccc1. The van der Waals surface area contributed by atoms with Gasteiger partial charge in [-0.15, -0.1) is 13.2 Å². The van der Waals surface area contributed by atoms with E-state index in [1.807, 2.05) is 91.0 Å². The van der Waals surface area contributed by atoms with Crippen molar-refractivity contribution in [2.24, 2.45) is 11.8 Å². The summed E-state index contributed by atoms with van der Waals surface area (Å²) in [4.78, 5) is 42.5. The smallest absolute Gasteiger partial charge is 0.309 e. The van der Waals surface area contributed by atoms with Crippen LogP contribution in [0.2, 0.25) is 0 Å². The van der Waals surface area contributed by atoms with Crippen LogP contribution >= 0.6 is 0 Å². The van der Waals surface area contributed by atoms with E-state index in [1.165, 1.54) is 0 Å². The molecule has 3 aromatic rings. The van der Waals surface area contributed by atoms with Gasteiger partial charge < -0.3 is 20.1 Å². The maximum absolute atomic E-state index is 13.7. The quantitative estimate of drug-likeness (QED) is 0.107. The Morgan fingerprint density at radius 1 is 0.913 bits per heavy atom. The third-order valence-electron chi connectivity index (χ3n) is 8.66. The summed E-state index contributed by atoms with van der Waals surface area (Å²) in [7, 11) is 0. The van der Waals surface area contributed by atoms with Crippen LogP contribution in [-0.2, 0) is 38.5 Å². The molecule has 242 valence electrons. The fourth-order valence-electron chi connectivity index (χ4n) is 6.04. The summed E-state index contributed by atoms with van der Waals surface area (Å²) in [6.07, 6.45) is 7.21. The molecule has 0 bridgehead atoms. The molecule has 3 aromatic carbocycles. The summed E-state index contributed by atoms with van der Waals surface area (Å²) < 4.78 is 5.90. The molecule has 1 aliphatic rings. The predicted molar refractivity (Wildman–Crippen MR) is 180 cm³/mol. The molecule has 0 saturated carbocycles. The third kappa shape index (κ3) is 9.75. The van der Waals surface area contributed by atoms with Gasteiger partial charge in [0, 0.05) is 13.0 Å². The zero-order chi connectivity index (χ0) is 32.7. The number of aliphatic hydroxyl groups excluding tert-OH is 1. The first-order valence-corrected chi connectivity index (χ1v) is 16.2. The number of aliphatic hydroxyl groups is 1. The van der Waals surface area contributed by atoms with Gasteiger partial charge in [0.15, 0.2) is 0 Å². The van der Waals surface area contributed by atoms with E-state index in [0.29, 0.717) is 32.2 Å². The van der Waals surface area contributed by atoms with Gasteiger partial charge >= 0.3 is 5.97 Å². The fourth-order valence-corrected chi connectivity index (χ4v) is 6.04. The first-order chi connectivity index (χ1) is 22.4. The van der Waals surface area contributed by atoms with E-state index >= 15 is 0 Å². The highest BCUT2D eigenvalue weighted by molar-refractivity contribution is 5.86. The van der Waals surface area contributed by atoms with E-state index in [4.69, 9.17) is 4.74 Å². The molecule has 7 heteroatoms. The molecule has 0 saturated heterocycles. The largest absolute Gasteiger partial charge is 0.463 e. The van der Waals surface area contributed by atoms with Crippen molar-refractivity contribution in [1.29, 1.82) is 0 Å². The summed E-state index contributed by atoms with van der Waals surface area (Å²) in [5.74, 6) is -1.81. The molecule has 1 aliphatic heterocycles. The highest BCUT2D eigenvalue weighted by Crippen LogP contribution is 2.26. The molecular formula is C39H46N2O5. The molecule has 7 nitrogen and oxygen atoms in total. The Morgan fingerprint density at radius 2 is 1.59 bits per heavy atom. The van der Waals surface area contributed by atoms with Crippen molar-refractivity contribution in [1.82, 2.24) is 10.2 Å². The Kier molecular flexibility index (Phi) is 13.3. The van der Waals surface area contributed by atoms with Crippen molar-refractivity contribution in [3.63, 3.8) is 0 Å². The number of ether oxygens (including phenoxy) is 1. The lowest BCUT2D eigenvalue weighted by Gasteiger charge is -2.36. The van der Waals surface area contributed by atoms with Gasteiger partial charge in [0.25, 0.3) is 0 Å². The number of unbranched alkanes of at least 4 members (excludes halogenated alkanes) is 1. The zero-order valence-electron chi connectivity index (χ0n) is 26.6. The standard InChI is InChI=1S/C39H46N2O5/c1-3-5-8-21-33(23-29-16-9-6-10-17-29)39(45)46-28-36(30-18-11-7-12-19-30)40-38(44)32(15-4-2)25-37(43)41-26-34-22-14-13-20-31(34)24-35(41)27-42/h3-4,6-7,9-14,16-20,22,32-33,35-36,42H,1-2,5,8,15,21,23-28H2,(H,40,44)/t32-,33-,35+,36-/m1/s1. The highest BCUT2D eigenvalue weighted by Gasteiger charge is 2.33. The van der Waals surface area contributed by atoms with E-state index in [9.17, 15) is 19.5 Å². The lowest BCUT2D eigenvalue weighted by atomic mass is 9.92. The second-order valence-corrected chi connectivity index (χ2v) is 12.0. The van der Waals surface area contributed by atoms with Crippen LogP contribution in [-0.4, -0.2) is 47.0 Å². The summed E-state index contributed by atoms with van der Waals surface area (Å²) in [6, 6.07) is 26.3. The van der Waals surface area contributed by atoms with Crippen LogP contribution in [0.25, 0.3) is 0 Å². The Bertz CT molecular complexity index is 1440. The molecule has 46 heavy (non-hydrogen) atoms. The molecule has 0 fully saturated rings. The number of hydrogen-bond donors (Lipinski definition) is 2. The number of esters is 1. The topological polar surface area (TPSA) is 95.9 Å². The van der Waals surface area contributed by atoms with Gasteiger partial charge in [-0.05, 0) is 60.8 Å². The minimum Gasteiger partial charge on any atom is -0.463 e. The van der Waals surface area contributed by atoms with E-state index < -0.39 is 12.0 Å². The Hall–Kier alpha value is -4.49. The molecule has 0 unspecified atom stereocenters. The number of fused-ring (bicyclic) bond motifs is 1. The molecule has 4 atom stereocenters. The lowest BCUT2D eigenvalue weighted by Crippen LogP contribution is -2.47. The van der Waals surface area contributed by atoms with Gasteiger partial charge in [-0.2, -0.15) is 0 Å². The average Bonchev–Trinajstić information content (AvgIpc) is 3.09. The van der Waals surface area contributed by atoms with E-state index in [2.05, 4.69) is 18.5 Å². The second kappa shape index (κ2) is 17.9. The summed E-state index contributed by atoms with van der Waals surface area (Å²) in [5.41, 5.74) is 4.03. The number of rotatable bonds is 17. The maximum Gasteiger partial charge on any atom is 0.309 e. The molecule has 0 radical (unpaired) electrons. The highest BCUT2D eigenvalue weighted by atomic mass is 16.5. The summed E-state index contributed by atoms with van der Waals surface area (Å²) >= 11 is 0. The number of benzene rings is 3. The molecule has 0 aromatic heterocycles. The number of carbonyl (C=O) groups is 3. The summed E-state index contributed by atoms with van der Waals surface area (Å²) in [6.45, 7) is 7.82. The van der Waals surface area contributed by atoms with E-state index in [0.717, 1.165) is 35.1 Å². The monoisotopic (exact) mass is 622 g/mol. The number of carbonyl (C=O) groups excluding carboxylic acids is 3. The third-order valence-corrected chi connectivity index (χ3v) is 8.66. The summed E-state index contributed by atoms with van der Waals surface area (Å²) in [5, 5.41) is 13.1. The minimum atomic E-state index is -0.673. The Morgan fingerprint density at radius 3 is 2.26 bits per heavy atom. The van der Waals surface area contributed by atoms with Gasteiger partial charge in [-0.1, -0.05) is 97.1 Å². The lowest BCUT2D eigenvalue weighted by molar-refractivity contribution is -0.150. The molecule has 2 amide bonds. The zero-order valence-corrected chi connectivity index (χ0v) is 26.6. The van der Waals surface area contributed by atoms with Crippen molar-refractivity contribution in [3.8, 4) is 0 Å². The molecule has 0 spiro atoms. The minimum absolute atomic E-state index is 0.0275. The van der Waals surface area contributed by atoms with Crippen LogP contribution in [0, 0.1) is 11.8 Å². The predicted octanol–water partition coefficient (Wildman–Crippen LogP) is 6.13. The molecule has 4 rings (SSSR count). The van der Waals surface area contributed by atoms with Gasteiger partial charge in [0.05, 0.1) is 30.5 Å². The maximum atomic E-state index is 13.7. The van der Waals surface area contributed by atoms with Crippen molar-refractivity contribution in [2.75, 3.05) is 13.2 Å². The number of nitrogens with zero attached hydrogens (tertiary/aromatic N) is 1. The van der Waals surface area contributed by atoms with Gasteiger partial charge in [-0.3, -0.25) is 14.4 Å². The first-order valence-electron chi connectivity index (χ1n) is 16.2. The van der Waals surface area contributed by atoms with Gasteiger partial charge in [0.1, 0.15) is 6.61 Å². The van der Waals surface area contributed by atoms with Crippen molar-refractivity contribution < 1.29 is 24.2 Å². The van der Waals surface area contributed by atoms with Crippen LogP contribution in [0.5, 0.6) is 0 Å². The van der Waals surface area contributed by atoms with E-state index in [1.54, 1.807) is 11.0 Å². The van der Waals surface area contributed by atoms with Crippen LogP contribution in [0.3, 0.4) is 0 Å². The van der Waals surface area contributed by atoms with Crippen LogP contribution in [0.1, 0.15) is 60.4 Å².